The average molecular weight is 333 g/mol. The molecule has 0 aliphatic carbocycles. The fourth-order valence-electron chi connectivity index (χ4n) is 2.54. The summed E-state index contributed by atoms with van der Waals surface area (Å²) < 4.78 is 6.79. The third-order valence-electron chi connectivity index (χ3n) is 3.81. The second kappa shape index (κ2) is 6.99. The Morgan fingerprint density at radius 2 is 1.96 bits per heavy atom. The molecule has 7 nitrogen and oxygen atoms in total. The molecule has 1 saturated heterocycles. The van der Waals surface area contributed by atoms with Gasteiger partial charge in [0.15, 0.2) is 0 Å². The third kappa shape index (κ3) is 3.47. The van der Waals surface area contributed by atoms with Gasteiger partial charge < -0.3 is 9.64 Å². The Morgan fingerprint density at radius 1 is 1.26 bits per heavy atom. The molecule has 1 aliphatic rings. The molecule has 1 atom stereocenters. The van der Waals surface area contributed by atoms with Gasteiger partial charge >= 0.3 is 0 Å². The van der Waals surface area contributed by atoms with Crippen molar-refractivity contribution in [1.29, 1.82) is 0 Å². The van der Waals surface area contributed by atoms with Gasteiger partial charge in [0.1, 0.15) is 5.75 Å². The van der Waals surface area contributed by atoms with Crippen LogP contribution in [0, 0.1) is 0 Å². The molecule has 0 bridgehead atoms. The average Bonchev–Trinajstić information content (AvgIpc) is 3.26. The monoisotopic (exact) mass is 333 g/mol. The van der Waals surface area contributed by atoms with Crippen LogP contribution in [-0.4, -0.2) is 56.5 Å². The van der Waals surface area contributed by atoms with Gasteiger partial charge in [-0.1, -0.05) is 11.8 Å². The largest absolute Gasteiger partial charge is 0.497 e. The molecule has 1 aromatic heterocycles. The van der Waals surface area contributed by atoms with Crippen molar-refractivity contribution in [1.82, 2.24) is 25.1 Å². The lowest BCUT2D eigenvalue weighted by Gasteiger charge is -2.19. The predicted molar refractivity (Wildman–Crippen MR) is 86.8 cm³/mol. The molecule has 1 amide bonds. The van der Waals surface area contributed by atoms with E-state index in [2.05, 4.69) is 15.5 Å². The maximum Gasteiger partial charge on any atom is 0.235 e. The van der Waals surface area contributed by atoms with E-state index in [1.165, 1.54) is 11.8 Å². The number of nitrogens with zero attached hydrogens (tertiary/aromatic N) is 5. The number of likely N-dealkylation sites (tertiary alicyclic amines) is 1. The summed E-state index contributed by atoms with van der Waals surface area (Å²) in [6.45, 7) is 3.61. The van der Waals surface area contributed by atoms with Crippen molar-refractivity contribution in [3.05, 3.63) is 24.3 Å². The lowest BCUT2D eigenvalue weighted by molar-refractivity contribution is -0.129. The van der Waals surface area contributed by atoms with Crippen LogP contribution in [0.4, 0.5) is 0 Å². The van der Waals surface area contributed by atoms with Crippen molar-refractivity contribution >= 4 is 17.7 Å². The Morgan fingerprint density at radius 3 is 2.61 bits per heavy atom. The molecule has 2 aromatic rings. The van der Waals surface area contributed by atoms with E-state index in [1.807, 2.05) is 36.1 Å². The van der Waals surface area contributed by atoms with Gasteiger partial charge in [-0.2, -0.15) is 4.68 Å². The normalized spacial score (nSPS) is 15.7. The van der Waals surface area contributed by atoms with E-state index in [1.54, 1.807) is 11.8 Å². The van der Waals surface area contributed by atoms with Gasteiger partial charge in [0, 0.05) is 13.1 Å². The molecule has 23 heavy (non-hydrogen) atoms. The first-order valence-corrected chi connectivity index (χ1v) is 8.45. The summed E-state index contributed by atoms with van der Waals surface area (Å²) >= 11 is 1.38. The van der Waals surface area contributed by atoms with Crippen LogP contribution in [0.15, 0.2) is 29.4 Å². The van der Waals surface area contributed by atoms with E-state index in [4.69, 9.17) is 4.74 Å². The highest BCUT2D eigenvalue weighted by Crippen LogP contribution is 2.25. The minimum Gasteiger partial charge on any atom is -0.497 e. The van der Waals surface area contributed by atoms with E-state index >= 15 is 0 Å². The highest BCUT2D eigenvalue weighted by molar-refractivity contribution is 8.00. The summed E-state index contributed by atoms with van der Waals surface area (Å²) in [5.41, 5.74) is 0.833. The third-order valence-corrected chi connectivity index (χ3v) is 4.83. The molecule has 0 saturated carbocycles. The minimum atomic E-state index is -0.212. The minimum absolute atomic E-state index is 0.150. The Kier molecular flexibility index (Phi) is 4.80. The quantitative estimate of drug-likeness (QED) is 0.777. The van der Waals surface area contributed by atoms with Crippen molar-refractivity contribution in [2.24, 2.45) is 0 Å². The summed E-state index contributed by atoms with van der Waals surface area (Å²) in [5.74, 6) is 0.922. The summed E-state index contributed by atoms with van der Waals surface area (Å²) in [7, 11) is 1.62. The van der Waals surface area contributed by atoms with Crippen molar-refractivity contribution in [3.8, 4) is 11.4 Å². The topological polar surface area (TPSA) is 73.1 Å². The van der Waals surface area contributed by atoms with Gasteiger partial charge in [-0.15, -0.1) is 5.10 Å². The number of hydrogen-bond acceptors (Lipinski definition) is 6. The number of carbonyl (C=O) groups excluding carboxylic acids is 1. The van der Waals surface area contributed by atoms with Gasteiger partial charge in [-0.25, -0.2) is 0 Å². The van der Waals surface area contributed by atoms with Gasteiger partial charge in [0.25, 0.3) is 0 Å². The van der Waals surface area contributed by atoms with Crippen LogP contribution >= 0.6 is 11.8 Å². The highest BCUT2D eigenvalue weighted by atomic mass is 32.2. The zero-order chi connectivity index (χ0) is 16.2. The molecule has 2 heterocycles. The van der Waals surface area contributed by atoms with Crippen LogP contribution < -0.4 is 4.74 Å². The molecular formula is C15H19N5O2S. The van der Waals surface area contributed by atoms with Crippen LogP contribution in [0.3, 0.4) is 0 Å². The zero-order valence-corrected chi connectivity index (χ0v) is 14.0. The second-order valence-corrected chi connectivity index (χ2v) is 6.67. The molecule has 8 heteroatoms. The standard InChI is InChI=1S/C15H19N5O2S/c1-11(14(21)19-9-3-4-10-19)23-15-16-17-18-20(15)12-5-7-13(22-2)8-6-12/h5-8,11H,3-4,9-10H2,1-2H3. The van der Waals surface area contributed by atoms with E-state index < -0.39 is 0 Å². The molecule has 1 unspecified atom stereocenters. The molecule has 1 fully saturated rings. The Hall–Kier alpha value is -2.09. The maximum atomic E-state index is 12.4. The summed E-state index contributed by atoms with van der Waals surface area (Å²) in [6.07, 6.45) is 2.18. The van der Waals surface area contributed by atoms with Crippen molar-refractivity contribution in [3.63, 3.8) is 0 Å². The van der Waals surface area contributed by atoms with Crippen LogP contribution in [0.5, 0.6) is 5.75 Å². The van der Waals surface area contributed by atoms with E-state index in [0.29, 0.717) is 5.16 Å². The van der Waals surface area contributed by atoms with E-state index in [-0.39, 0.29) is 11.2 Å². The first-order chi connectivity index (χ1) is 11.2. The molecule has 0 radical (unpaired) electrons. The molecular weight excluding hydrogens is 314 g/mol. The van der Waals surface area contributed by atoms with Crippen LogP contribution in [0.25, 0.3) is 5.69 Å². The lowest BCUT2D eigenvalue weighted by atomic mass is 10.3. The molecule has 122 valence electrons. The molecule has 1 aromatic carbocycles. The highest BCUT2D eigenvalue weighted by Gasteiger charge is 2.25. The van der Waals surface area contributed by atoms with Gasteiger partial charge in [-0.05, 0) is 54.5 Å². The molecule has 0 spiro atoms. The van der Waals surface area contributed by atoms with Crippen LogP contribution in [0.1, 0.15) is 19.8 Å². The number of hydrogen-bond donors (Lipinski definition) is 0. The smallest absolute Gasteiger partial charge is 0.235 e. The first-order valence-electron chi connectivity index (χ1n) is 7.57. The van der Waals surface area contributed by atoms with Crippen molar-refractivity contribution < 1.29 is 9.53 Å². The molecule has 3 rings (SSSR count). The summed E-state index contributed by atoms with van der Waals surface area (Å²) in [4.78, 5) is 14.3. The summed E-state index contributed by atoms with van der Waals surface area (Å²) in [6, 6.07) is 7.47. The molecule has 0 N–H and O–H groups in total. The SMILES string of the molecule is COc1ccc(-n2nnnc2SC(C)C(=O)N2CCCC2)cc1. The first kappa shape index (κ1) is 15.8. The lowest BCUT2D eigenvalue weighted by Crippen LogP contribution is -2.34. The number of carbonyl (C=O) groups is 1. The summed E-state index contributed by atoms with van der Waals surface area (Å²) in [5, 5.41) is 12.2. The number of tetrazole rings is 1. The number of rotatable bonds is 5. The number of methoxy groups -OCH3 is 1. The zero-order valence-electron chi connectivity index (χ0n) is 13.2. The van der Waals surface area contributed by atoms with Gasteiger partial charge in [0.2, 0.25) is 11.1 Å². The van der Waals surface area contributed by atoms with Crippen LogP contribution in [0.2, 0.25) is 0 Å². The number of amides is 1. The Bertz CT molecular complexity index is 667. The second-order valence-electron chi connectivity index (χ2n) is 5.36. The van der Waals surface area contributed by atoms with Gasteiger partial charge in [0.05, 0.1) is 18.0 Å². The number of ether oxygens (including phenoxy) is 1. The number of aromatic nitrogens is 4. The molecule has 1 aliphatic heterocycles. The van der Waals surface area contributed by atoms with Crippen molar-refractivity contribution in [2.45, 2.75) is 30.2 Å². The van der Waals surface area contributed by atoms with Crippen LogP contribution in [-0.2, 0) is 4.79 Å². The fraction of sp³-hybridized carbons (Fsp3) is 0.467. The van der Waals surface area contributed by atoms with Gasteiger partial charge in [-0.3, -0.25) is 4.79 Å². The van der Waals surface area contributed by atoms with E-state index in [0.717, 1.165) is 37.4 Å². The number of benzene rings is 1. The Labute approximate surface area is 139 Å². The predicted octanol–water partition coefficient (Wildman–Crippen LogP) is 1.77. The van der Waals surface area contributed by atoms with E-state index in [9.17, 15) is 4.79 Å². The fourth-order valence-corrected chi connectivity index (χ4v) is 3.43. The van der Waals surface area contributed by atoms with Crippen molar-refractivity contribution in [2.75, 3.05) is 20.2 Å². The number of thioether (sulfide) groups is 1. The Balaban J connectivity index is 1.73. The maximum absolute atomic E-state index is 12.4.